The molecule has 0 heterocycles. The molecule has 0 spiro atoms. The van der Waals surface area contributed by atoms with Crippen molar-refractivity contribution in [1.82, 2.24) is 4.72 Å². The Morgan fingerprint density at radius 1 is 1.38 bits per heavy atom. The predicted molar refractivity (Wildman–Crippen MR) is 77.1 cm³/mol. The minimum absolute atomic E-state index is 0.0306. The largest absolute Gasteiger partial charge is 0.480 e. The average molecular weight is 310 g/mol. The van der Waals surface area contributed by atoms with E-state index in [1.54, 1.807) is 27.7 Å². The Morgan fingerprint density at radius 2 is 1.95 bits per heavy atom. The molecule has 1 atom stereocenters. The van der Waals surface area contributed by atoms with Crippen LogP contribution in [0, 0.1) is 23.7 Å². The van der Waals surface area contributed by atoms with Gasteiger partial charge in [-0.3, -0.25) is 4.79 Å². The number of rotatable bonds is 4. The van der Waals surface area contributed by atoms with E-state index in [1.165, 1.54) is 18.2 Å². The highest BCUT2D eigenvalue weighted by atomic mass is 32.2. The molecule has 1 unspecified atom stereocenters. The summed E-state index contributed by atoms with van der Waals surface area (Å²) in [4.78, 5) is 11.2. The van der Waals surface area contributed by atoms with Crippen molar-refractivity contribution in [2.75, 3.05) is 0 Å². The molecule has 0 bridgehead atoms. The molecule has 0 saturated carbocycles. The first-order chi connectivity index (χ1) is 9.49. The first kappa shape index (κ1) is 17.1. The molecule has 1 aromatic rings. The molecular formula is C14H18N2O4S. The van der Waals surface area contributed by atoms with Gasteiger partial charge in [0.1, 0.15) is 6.04 Å². The van der Waals surface area contributed by atoms with Gasteiger partial charge in [-0.25, -0.2) is 8.42 Å². The second-order valence-electron chi connectivity index (χ2n) is 5.85. The zero-order valence-electron chi connectivity index (χ0n) is 12.3. The maximum atomic E-state index is 12.4. The number of carboxylic acids is 1. The fraction of sp³-hybridized carbons (Fsp3) is 0.429. The van der Waals surface area contributed by atoms with Crippen LogP contribution in [0.2, 0.25) is 0 Å². The van der Waals surface area contributed by atoms with Gasteiger partial charge < -0.3 is 5.11 Å². The molecule has 0 fully saturated rings. The number of nitriles is 1. The maximum Gasteiger partial charge on any atom is 0.322 e. The molecule has 0 amide bonds. The highest BCUT2D eigenvalue weighted by Crippen LogP contribution is 2.23. The summed E-state index contributed by atoms with van der Waals surface area (Å²) >= 11 is 0. The van der Waals surface area contributed by atoms with Crippen molar-refractivity contribution in [3.05, 3.63) is 29.3 Å². The minimum Gasteiger partial charge on any atom is -0.480 e. The molecule has 0 aromatic heterocycles. The van der Waals surface area contributed by atoms with Crippen LogP contribution in [0.5, 0.6) is 0 Å². The summed E-state index contributed by atoms with van der Waals surface area (Å²) in [5.41, 5.74) is -0.0454. The Morgan fingerprint density at radius 3 is 2.33 bits per heavy atom. The molecule has 1 rings (SSSR count). The highest BCUT2D eigenvalue weighted by molar-refractivity contribution is 7.89. The Bertz CT molecular complexity index is 697. The second-order valence-corrected chi connectivity index (χ2v) is 7.53. The molecule has 0 aliphatic rings. The van der Waals surface area contributed by atoms with Gasteiger partial charge in [-0.15, -0.1) is 0 Å². The first-order valence-corrected chi connectivity index (χ1v) is 7.73. The third kappa shape index (κ3) is 4.03. The smallest absolute Gasteiger partial charge is 0.322 e. The molecule has 1 aromatic carbocycles. The highest BCUT2D eigenvalue weighted by Gasteiger charge is 2.35. The number of hydrogen-bond acceptors (Lipinski definition) is 4. The number of benzene rings is 1. The zero-order chi connectivity index (χ0) is 16.4. The normalized spacial score (nSPS) is 13.5. The summed E-state index contributed by atoms with van der Waals surface area (Å²) in [6.45, 7) is 6.47. The van der Waals surface area contributed by atoms with Crippen LogP contribution in [0.15, 0.2) is 23.1 Å². The summed E-state index contributed by atoms with van der Waals surface area (Å²) in [6.07, 6.45) is 0. The molecule has 2 N–H and O–H groups in total. The van der Waals surface area contributed by atoms with E-state index in [9.17, 15) is 18.3 Å². The predicted octanol–water partition coefficient (Wildman–Crippen LogP) is 1.64. The molecule has 0 aliphatic carbocycles. The van der Waals surface area contributed by atoms with E-state index in [0.29, 0.717) is 11.1 Å². The molecule has 0 aliphatic heterocycles. The van der Waals surface area contributed by atoms with Crippen LogP contribution in [0.3, 0.4) is 0 Å². The Kier molecular flexibility index (Phi) is 4.76. The number of aliphatic carboxylic acids is 1. The van der Waals surface area contributed by atoms with Gasteiger partial charge in [0, 0.05) is 0 Å². The molecular weight excluding hydrogens is 292 g/mol. The fourth-order valence-corrected chi connectivity index (χ4v) is 3.46. The van der Waals surface area contributed by atoms with Crippen LogP contribution in [-0.2, 0) is 14.8 Å². The average Bonchev–Trinajstić information content (AvgIpc) is 2.33. The van der Waals surface area contributed by atoms with E-state index in [1.807, 2.05) is 6.07 Å². The van der Waals surface area contributed by atoms with Crippen molar-refractivity contribution in [1.29, 1.82) is 5.26 Å². The van der Waals surface area contributed by atoms with Crippen LogP contribution >= 0.6 is 0 Å². The number of carboxylic acid groups (broad SMARTS) is 1. The molecule has 7 heteroatoms. The first-order valence-electron chi connectivity index (χ1n) is 6.25. The van der Waals surface area contributed by atoms with Gasteiger partial charge in [-0.05, 0) is 36.1 Å². The summed E-state index contributed by atoms with van der Waals surface area (Å²) in [5.74, 6) is -1.24. The van der Waals surface area contributed by atoms with Crippen molar-refractivity contribution in [2.24, 2.45) is 5.41 Å². The van der Waals surface area contributed by atoms with Gasteiger partial charge in [-0.2, -0.15) is 9.98 Å². The number of aryl methyl sites for hydroxylation is 1. The SMILES string of the molecule is Cc1cc(C#N)ccc1S(=O)(=O)NC(C(=O)O)C(C)(C)C. The Labute approximate surface area is 124 Å². The lowest BCUT2D eigenvalue weighted by atomic mass is 9.88. The molecule has 114 valence electrons. The summed E-state index contributed by atoms with van der Waals surface area (Å²) < 4.78 is 26.9. The van der Waals surface area contributed by atoms with Crippen molar-refractivity contribution in [3.8, 4) is 6.07 Å². The monoisotopic (exact) mass is 310 g/mol. The lowest BCUT2D eigenvalue weighted by Crippen LogP contribution is -2.49. The third-order valence-electron chi connectivity index (χ3n) is 2.98. The fourth-order valence-electron chi connectivity index (χ4n) is 1.84. The van der Waals surface area contributed by atoms with Crippen LogP contribution < -0.4 is 4.72 Å². The molecule has 6 nitrogen and oxygen atoms in total. The summed E-state index contributed by atoms with van der Waals surface area (Å²) in [5, 5.41) is 18.0. The standard InChI is InChI=1S/C14H18N2O4S/c1-9-7-10(8-15)5-6-11(9)21(19,20)16-12(13(17)18)14(2,3)4/h5-7,12,16H,1-4H3,(H,17,18). The molecule has 21 heavy (non-hydrogen) atoms. The topological polar surface area (TPSA) is 107 Å². The van der Waals surface area contributed by atoms with Crippen LogP contribution in [-0.4, -0.2) is 25.5 Å². The zero-order valence-corrected chi connectivity index (χ0v) is 13.2. The van der Waals surface area contributed by atoms with Gasteiger partial charge in [0.15, 0.2) is 0 Å². The van der Waals surface area contributed by atoms with Crippen LogP contribution in [0.1, 0.15) is 31.9 Å². The van der Waals surface area contributed by atoms with Gasteiger partial charge in [0.25, 0.3) is 0 Å². The van der Waals surface area contributed by atoms with Crippen molar-refractivity contribution in [2.45, 2.75) is 38.6 Å². The van der Waals surface area contributed by atoms with Crippen molar-refractivity contribution in [3.63, 3.8) is 0 Å². The van der Waals surface area contributed by atoms with Gasteiger partial charge in [-0.1, -0.05) is 20.8 Å². The summed E-state index contributed by atoms with van der Waals surface area (Å²) in [6, 6.07) is 4.80. The lowest BCUT2D eigenvalue weighted by Gasteiger charge is -2.27. The number of nitrogens with one attached hydrogen (secondary N) is 1. The maximum absolute atomic E-state index is 12.4. The van der Waals surface area contributed by atoms with E-state index in [4.69, 9.17) is 5.26 Å². The van der Waals surface area contributed by atoms with Gasteiger partial charge in [0.2, 0.25) is 10.0 Å². The van der Waals surface area contributed by atoms with Gasteiger partial charge in [0.05, 0.1) is 16.5 Å². The van der Waals surface area contributed by atoms with Crippen molar-refractivity contribution >= 4 is 16.0 Å². The Balaban J connectivity index is 3.24. The van der Waals surface area contributed by atoms with Crippen LogP contribution in [0.4, 0.5) is 0 Å². The van der Waals surface area contributed by atoms with E-state index in [2.05, 4.69) is 4.72 Å². The minimum atomic E-state index is -3.98. The second kappa shape index (κ2) is 5.84. The van der Waals surface area contributed by atoms with E-state index >= 15 is 0 Å². The third-order valence-corrected chi connectivity index (χ3v) is 4.56. The van der Waals surface area contributed by atoms with E-state index in [-0.39, 0.29) is 4.90 Å². The van der Waals surface area contributed by atoms with E-state index in [0.717, 1.165) is 0 Å². The molecule has 0 saturated heterocycles. The van der Waals surface area contributed by atoms with Crippen LogP contribution in [0.25, 0.3) is 0 Å². The number of carbonyl (C=O) groups is 1. The number of nitrogens with zero attached hydrogens (tertiary/aromatic N) is 1. The van der Waals surface area contributed by atoms with Crippen molar-refractivity contribution < 1.29 is 18.3 Å². The quantitative estimate of drug-likeness (QED) is 0.879. The number of sulfonamides is 1. The van der Waals surface area contributed by atoms with E-state index < -0.39 is 27.4 Å². The Hall–Kier alpha value is -1.91. The summed E-state index contributed by atoms with van der Waals surface area (Å²) in [7, 11) is -3.98. The lowest BCUT2D eigenvalue weighted by molar-refractivity contribution is -0.141. The molecule has 0 radical (unpaired) electrons. The van der Waals surface area contributed by atoms with Gasteiger partial charge >= 0.3 is 5.97 Å². The number of hydrogen-bond donors (Lipinski definition) is 2.